The Labute approximate surface area is 106 Å². The lowest BCUT2D eigenvalue weighted by molar-refractivity contribution is 0.298. The maximum Gasteiger partial charge on any atom is 0.132 e. The SMILES string of the molecule is CC(C)n1ccc(COc2ccc(Cl)cc2)n1. The fraction of sp³-hybridized carbons (Fsp3) is 0.308. The molecule has 0 saturated heterocycles. The third-order valence-corrected chi connectivity index (χ3v) is 2.64. The van der Waals surface area contributed by atoms with E-state index in [1.807, 2.05) is 41.2 Å². The fourth-order valence-electron chi connectivity index (χ4n) is 1.43. The van der Waals surface area contributed by atoms with Crippen molar-refractivity contribution in [1.82, 2.24) is 9.78 Å². The van der Waals surface area contributed by atoms with Crippen LogP contribution in [0.25, 0.3) is 0 Å². The number of benzene rings is 1. The molecule has 3 nitrogen and oxygen atoms in total. The van der Waals surface area contributed by atoms with Gasteiger partial charge in [0, 0.05) is 17.3 Å². The number of rotatable bonds is 4. The summed E-state index contributed by atoms with van der Waals surface area (Å²) in [5, 5.41) is 5.12. The molecule has 0 N–H and O–H groups in total. The Morgan fingerprint density at radius 2 is 1.94 bits per heavy atom. The van der Waals surface area contributed by atoms with Crippen molar-refractivity contribution in [3.63, 3.8) is 0 Å². The van der Waals surface area contributed by atoms with Crippen molar-refractivity contribution in [3.05, 3.63) is 47.2 Å². The van der Waals surface area contributed by atoms with Crippen LogP contribution in [0.15, 0.2) is 36.5 Å². The molecule has 0 aliphatic rings. The van der Waals surface area contributed by atoms with Crippen LogP contribution in [-0.4, -0.2) is 9.78 Å². The van der Waals surface area contributed by atoms with Gasteiger partial charge in [0.1, 0.15) is 12.4 Å². The van der Waals surface area contributed by atoms with Gasteiger partial charge < -0.3 is 4.74 Å². The summed E-state index contributed by atoms with van der Waals surface area (Å²) in [6.45, 7) is 4.66. The molecule has 0 radical (unpaired) electrons. The molecule has 0 amide bonds. The van der Waals surface area contributed by atoms with E-state index in [2.05, 4.69) is 18.9 Å². The molecule has 0 unspecified atom stereocenters. The number of hydrogen-bond acceptors (Lipinski definition) is 2. The Morgan fingerprint density at radius 1 is 1.24 bits per heavy atom. The fourth-order valence-corrected chi connectivity index (χ4v) is 1.56. The first-order valence-electron chi connectivity index (χ1n) is 5.57. The maximum absolute atomic E-state index is 5.80. The zero-order valence-corrected chi connectivity index (χ0v) is 10.7. The second-order valence-electron chi connectivity index (χ2n) is 4.12. The van der Waals surface area contributed by atoms with E-state index in [1.165, 1.54) is 0 Å². The molecular weight excluding hydrogens is 236 g/mol. The first kappa shape index (κ1) is 12.0. The monoisotopic (exact) mass is 250 g/mol. The van der Waals surface area contributed by atoms with Gasteiger partial charge in [-0.05, 0) is 44.2 Å². The van der Waals surface area contributed by atoms with Crippen LogP contribution >= 0.6 is 11.6 Å². The molecule has 1 aromatic heterocycles. The van der Waals surface area contributed by atoms with Gasteiger partial charge in [-0.3, -0.25) is 4.68 Å². The van der Waals surface area contributed by atoms with Gasteiger partial charge in [-0.25, -0.2) is 0 Å². The van der Waals surface area contributed by atoms with E-state index in [0.29, 0.717) is 17.7 Å². The molecule has 1 aromatic carbocycles. The van der Waals surface area contributed by atoms with Crippen LogP contribution in [0.3, 0.4) is 0 Å². The van der Waals surface area contributed by atoms with E-state index >= 15 is 0 Å². The van der Waals surface area contributed by atoms with Crippen LogP contribution in [0, 0.1) is 0 Å². The molecule has 2 aromatic rings. The highest BCUT2D eigenvalue weighted by molar-refractivity contribution is 6.30. The molecule has 17 heavy (non-hydrogen) atoms. The molecular formula is C13H15ClN2O. The maximum atomic E-state index is 5.80. The first-order chi connectivity index (χ1) is 8.15. The van der Waals surface area contributed by atoms with E-state index in [0.717, 1.165) is 11.4 Å². The van der Waals surface area contributed by atoms with Gasteiger partial charge >= 0.3 is 0 Å². The van der Waals surface area contributed by atoms with Gasteiger partial charge in [0.05, 0.1) is 5.69 Å². The van der Waals surface area contributed by atoms with Crippen LogP contribution < -0.4 is 4.74 Å². The largest absolute Gasteiger partial charge is 0.487 e. The van der Waals surface area contributed by atoms with E-state index in [1.54, 1.807) is 0 Å². The summed E-state index contributed by atoms with van der Waals surface area (Å²) >= 11 is 5.80. The highest BCUT2D eigenvalue weighted by atomic mass is 35.5. The summed E-state index contributed by atoms with van der Waals surface area (Å²) in [6, 6.07) is 9.66. The highest BCUT2D eigenvalue weighted by Crippen LogP contribution is 2.16. The second-order valence-corrected chi connectivity index (χ2v) is 4.56. The van der Waals surface area contributed by atoms with Gasteiger partial charge in [-0.2, -0.15) is 5.10 Å². The quantitative estimate of drug-likeness (QED) is 0.827. The van der Waals surface area contributed by atoms with Crippen LogP contribution in [0.4, 0.5) is 0 Å². The number of halogens is 1. The Morgan fingerprint density at radius 3 is 2.53 bits per heavy atom. The Balaban J connectivity index is 1.95. The topological polar surface area (TPSA) is 27.1 Å². The third kappa shape index (κ3) is 3.24. The zero-order chi connectivity index (χ0) is 12.3. The summed E-state index contributed by atoms with van der Waals surface area (Å²) in [5.41, 5.74) is 0.925. The average Bonchev–Trinajstić information content (AvgIpc) is 2.77. The molecule has 1 heterocycles. The lowest BCUT2D eigenvalue weighted by atomic mass is 10.3. The van der Waals surface area contributed by atoms with Crippen molar-refractivity contribution in [2.24, 2.45) is 0 Å². The van der Waals surface area contributed by atoms with Crippen LogP contribution in [0.1, 0.15) is 25.6 Å². The minimum Gasteiger partial charge on any atom is -0.487 e. The predicted octanol–water partition coefficient (Wildman–Crippen LogP) is 3.70. The molecule has 2 rings (SSSR count). The van der Waals surface area contributed by atoms with Gasteiger partial charge in [-0.1, -0.05) is 11.6 Å². The Bertz CT molecular complexity index is 476. The Kier molecular flexibility index (Phi) is 3.69. The number of ether oxygens (including phenoxy) is 1. The van der Waals surface area contributed by atoms with E-state index < -0.39 is 0 Å². The lowest BCUT2D eigenvalue weighted by Gasteiger charge is -2.05. The number of aromatic nitrogens is 2. The van der Waals surface area contributed by atoms with Crippen LogP contribution in [0.2, 0.25) is 5.02 Å². The van der Waals surface area contributed by atoms with E-state index in [4.69, 9.17) is 16.3 Å². The van der Waals surface area contributed by atoms with Gasteiger partial charge in [-0.15, -0.1) is 0 Å². The lowest BCUT2D eigenvalue weighted by Crippen LogP contribution is -2.03. The smallest absolute Gasteiger partial charge is 0.132 e. The molecule has 4 heteroatoms. The van der Waals surface area contributed by atoms with Gasteiger partial charge in [0.15, 0.2) is 0 Å². The normalized spacial score (nSPS) is 10.8. The standard InChI is InChI=1S/C13H15ClN2O/c1-10(2)16-8-7-12(15-16)9-17-13-5-3-11(14)4-6-13/h3-8,10H,9H2,1-2H3. The van der Waals surface area contributed by atoms with Crippen LogP contribution in [-0.2, 0) is 6.61 Å². The predicted molar refractivity (Wildman–Crippen MR) is 68.4 cm³/mol. The number of hydrogen-bond donors (Lipinski definition) is 0. The van der Waals surface area contributed by atoms with Gasteiger partial charge in [0.2, 0.25) is 0 Å². The highest BCUT2D eigenvalue weighted by Gasteiger charge is 2.02. The summed E-state index contributed by atoms with van der Waals surface area (Å²) in [4.78, 5) is 0. The minimum absolute atomic E-state index is 0.374. The molecule has 0 spiro atoms. The van der Waals surface area contributed by atoms with E-state index in [9.17, 15) is 0 Å². The third-order valence-electron chi connectivity index (χ3n) is 2.39. The molecule has 0 aliphatic heterocycles. The molecule has 0 fully saturated rings. The van der Waals surface area contributed by atoms with Crippen molar-refractivity contribution >= 4 is 11.6 Å². The van der Waals surface area contributed by atoms with Crippen molar-refractivity contribution < 1.29 is 4.74 Å². The molecule has 0 atom stereocenters. The molecule has 0 bridgehead atoms. The Hall–Kier alpha value is -1.48. The summed E-state index contributed by atoms with van der Waals surface area (Å²) in [7, 11) is 0. The average molecular weight is 251 g/mol. The van der Waals surface area contributed by atoms with E-state index in [-0.39, 0.29) is 0 Å². The molecule has 90 valence electrons. The van der Waals surface area contributed by atoms with Crippen molar-refractivity contribution in [3.8, 4) is 5.75 Å². The van der Waals surface area contributed by atoms with Gasteiger partial charge in [0.25, 0.3) is 0 Å². The molecule has 0 saturated carbocycles. The molecule has 0 aliphatic carbocycles. The minimum atomic E-state index is 0.374. The summed E-state index contributed by atoms with van der Waals surface area (Å²) in [5.74, 6) is 0.800. The number of nitrogens with zero attached hydrogens (tertiary/aromatic N) is 2. The summed E-state index contributed by atoms with van der Waals surface area (Å²) in [6.07, 6.45) is 1.96. The summed E-state index contributed by atoms with van der Waals surface area (Å²) < 4.78 is 7.52. The first-order valence-corrected chi connectivity index (χ1v) is 5.95. The second kappa shape index (κ2) is 5.23. The van der Waals surface area contributed by atoms with Crippen molar-refractivity contribution in [1.29, 1.82) is 0 Å². The van der Waals surface area contributed by atoms with Crippen molar-refractivity contribution in [2.75, 3.05) is 0 Å². The van der Waals surface area contributed by atoms with Crippen LogP contribution in [0.5, 0.6) is 5.75 Å². The zero-order valence-electron chi connectivity index (χ0n) is 9.93. The van der Waals surface area contributed by atoms with Crippen molar-refractivity contribution in [2.45, 2.75) is 26.5 Å².